The minimum absolute atomic E-state index is 0.151. The van der Waals surface area contributed by atoms with E-state index in [1.165, 1.54) is 0 Å². The highest BCUT2D eigenvalue weighted by Crippen LogP contribution is 2.20. The van der Waals surface area contributed by atoms with Crippen LogP contribution in [0.25, 0.3) is 0 Å². The van der Waals surface area contributed by atoms with Gasteiger partial charge in [0.1, 0.15) is 5.82 Å². The van der Waals surface area contributed by atoms with E-state index in [1.54, 1.807) is 25.6 Å². The van der Waals surface area contributed by atoms with E-state index in [9.17, 15) is 4.79 Å². The molecule has 0 atom stereocenters. The molecule has 1 aliphatic rings. The Labute approximate surface area is 94.9 Å². The van der Waals surface area contributed by atoms with E-state index in [0.29, 0.717) is 0 Å². The molecule has 5 heteroatoms. The summed E-state index contributed by atoms with van der Waals surface area (Å²) in [6.07, 6.45) is 6.90. The van der Waals surface area contributed by atoms with Gasteiger partial charge in [0.05, 0.1) is 6.20 Å². The lowest BCUT2D eigenvalue weighted by Crippen LogP contribution is -2.39. The minimum Gasteiger partial charge on any atom is -0.359 e. The number of carbonyl (C=O) groups excluding carboxylic acids is 1. The van der Waals surface area contributed by atoms with Gasteiger partial charge < -0.3 is 10.2 Å². The molecule has 0 aromatic carbocycles. The highest BCUT2D eigenvalue weighted by Gasteiger charge is 2.24. The number of rotatable bonds is 2. The number of aromatic nitrogens is 2. The minimum atomic E-state index is 0.151. The second kappa shape index (κ2) is 4.92. The van der Waals surface area contributed by atoms with Crippen LogP contribution < -0.4 is 10.2 Å². The summed E-state index contributed by atoms with van der Waals surface area (Å²) >= 11 is 0. The molecule has 1 aromatic rings. The van der Waals surface area contributed by atoms with Gasteiger partial charge in [0, 0.05) is 38.4 Å². The first-order valence-corrected chi connectivity index (χ1v) is 5.54. The number of nitrogens with one attached hydrogen (secondary N) is 1. The Morgan fingerprint density at radius 3 is 2.75 bits per heavy atom. The van der Waals surface area contributed by atoms with Crippen molar-refractivity contribution in [3.05, 3.63) is 18.6 Å². The number of nitrogens with zero attached hydrogens (tertiary/aromatic N) is 3. The van der Waals surface area contributed by atoms with Crippen molar-refractivity contribution in [3.8, 4) is 0 Å². The summed E-state index contributed by atoms with van der Waals surface area (Å²) in [6.45, 7) is 1.74. The fourth-order valence-electron chi connectivity index (χ4n) is 2.03. The van der Waals surface area contributed by atoms with E-state index >= 15 is 0 Å². The molecule has 0 saturated carbocycles. The molecule has 0 radical (unpaired) electrons. The van der Waals surface area contributed by atoms with Crippen LogP contribution in [0.3, 0.4) is 0 Å². The first kappa shape index (κ1) is 10.9. The standard InChI is InChI=1S/C11H16N4O/c1-12-11(16)9-2-6-15(7-3-9)10-8-13-4-5-14-10/h4-5,8-9H,2-3,6-7H2,1H3,(H,12,16). The van der Waals surface area contributed by atoms with Gasteiger partial charge in [-0.2, -0.15) is 0 Å². The zero-order valence-electron chi connectivity index (χ0n) is 9.39. The molecular weight excluding hydrogens is 204 g/mol. The molecular formula is C11H16N4O. The maximum absolute atomic E-state index is 11.5. The monoisotopic (exact) mass is 220 g/mol. The number of piperidine rings is 1. The molecule has 86 valence electrons. The van der Waals surface area contributed by atoms with Crippen LogP contribution >= 0.6 is 0 Å². The highest BCUT2D eigenvalue weighted by atomic mass is 16.1. The SMILES string of the molecule is CNC(=O)C1CCN(c2cnccn2)CC1. The van der Waals surface area contributed by atoms with Gasteiger partial charge in [0.2, 0.25) is 5.91 Å². The van der Waals surface area contributed by atoms with Crippen molar-refractivity contribution in [2.45, 2.75) is 12.8 Å². The Bertz CT molecular complexity index is 346. The quantitative estimate of drug-likeness (QED) is 0.785. The summed E-state index contributed by atoms with van der Waals surface area (Å²) in [5.74, 6) is 1.20. The van der Waals surface area contributed by atoms with Crippen molar-refractivity contribution in [2.24, 2.45) is 5.92 Å². The smallest absolute Gasteiger partial charge is 0.222 e. The maximum atomic E-state index is 11.5. The van der Waals surface area contributed by atoms with E-state index in [0.717, 1.165) is 31.7 Å². The zero-order valence-corrected chi connectivity index (χ0v) is 9.39. The Morgan fingerprint density at radius 1 is 1.44 bits per heavy atom. The average Bonchev–Trinajstić information content (AvgIpc) is 2.39. The summed E-state index contributed by atoms with van der Waals surface area (Å²) in [6, 6.07) is 0. The summed E-state index contributed by atoms with van der Waals surface area (Å²) in [5, 5.41) is 2.70. The van der Waals surface area contributed by atoms with Crippen molar-refractivity contribution in [1.82, 2.24) is 15.3 Å². The van der Waals surface area contributed by atoms with Crippen molar-refractivity contribution < 1.29 is 4.79 Å². The Hall–Kier alpha value is -1.65. The van der Waals surface area contributed by atoms with E-state index < -0.39 is 0 Å². The van der Waals surface area contributed by atoms with Gasteiger partial charge in [-0.25, -0.2) is 4.98 Å². The van der Waals surface area contributed by atoms with Gasteiger partial charge in [-0.1, -0.05) is 0 Å². The molecule has 16 heavy (non-hydrogen) atoms. The van der Waals surface area contributed by atoms with Crippen LogP contribution in [0.15, 0.2) is 18.6 Å². The number of amides is 1. The van der Waals surface area contributed by atoms with Gasteiger partial charge >= 0.3 is 0 Å². The van der Waals surface area contributed by atoms with E-state index in [1.807, 2.05) is 0 Å². The summed E-state index contributed by atoms with van der Waals surface area (Å²) < 4.78 is 0. The van der Waals surface area contributed by atoms with E-state index in [4.69, 9.17) is 0 Å². The van der Waals surface area contributed by atoms with Gasteiger partial charge in [-0.15, -0.1) is 0 Å². The summed E-state index contributed by atoms with van der Waals surface area (Å²) in [5.41, 5.74) is 0. The number of hydrogen-bond donors (Lipinski definition) is 1. The molecule has 0 unspecified atom stereocenters. The Kier molecular flexibility index (Phi) is 3.34. The normalized spacial score (nSPS) is 17.2. The molecule has 1 N–H and O–H groups in total. The molecule has 1 saturated heterocycles. The largest absolute Gasteiger partial charge is 0.359 e. The van der Waals surface area contributed by atoms with E-state index in [-0.39, 0.29) is 11.8 Å². The van der Waals surface area contributed by atoms with Crippen LogP contribution in [0.4, 0.5) is 5.82 Å². The first-order valence-electron chi connectivity index (χ1n) is 5.54. The van der Waals surface area contributed by atoms with Crippen molar-refractivity contribution in [3.63, 3.8) is 0 Å². The van der Waals surface area contributed by atoms with Crippen LogP contribution in [-0.4, -0.2) is 36.0 Å². The van der Waals surface area contributed by atoms with Crippen LogP contribution in [0.5, 0.6) is 0 Å². The van der Waals surface area contributed by atoms with Crippen molar-refractivity contribution in [1.29, 1.82) is 0 Å². The lowest BCUT2D eigenvalue weighted by Gasteiger charge is -2.31. The number of anilines is 1. The molecule has 5 nitrogen and oxygen atoms in total. The van der Waals surface area contributed by atoms with Gasteiger partial charge in [-0.05, 0) is 12.8 Å². The predicted octanol–water partition coefficient (Wildman–Crippen LogP) is 0.439. The number of hydrogen-bond acceptors (Lipinski definition) is 4. The Morgan fingerprint density at radius 2 is 2.19 bits per heavy atom. The summed E-state index contributed by atoms with van der Waals surface area (Å²) in [7, 11) is 1.69. The Balaban J connectivity index is 1.93. The predicted molar refractivity (Wildman–Crippen MR) is 61.0 cm³/mol. The molecule has 0 spiro atoms. The van der Waals surface area contributed by atoms with Gasteiger partial charge in [0.25, 0.3) is 0 Å². The van der Waals surface area contributed by atoms with Crippen molar-refractivity contribution >= 4 is 11.7 Å². The summed E-state index contributed by atoms with van der Waals surface area (Å²) in [4.78, 5) is 21.9. The van der Waals surface area contributed by atoms with Gasteiger partial charge in [0.15, 0.2) is 0 Å². The average molecular weight is 220 g/mol. The van der Waals surface area contributed by atoms with Crippen molar-refractivity contribution in [2.75, 3.05) is 25.0 Å². The van der Waals surface area contributed by atoms with Gasteiger partial charge in [-0.3, -0.25) is 9.78 Å². The zero-order chi connectivity index (χ0) is 11.4. The third-order valence-electron chi connectivity index (χ3n) is 2.99. The third kappa shape index (κ3) is 2.29. The highest BCUT2D eigenvalue weighted by molar-refractivity contribution is 5.78. The fraction of sp³-hybridized carbons (Fsp3) is 0.545. The first-order chi connectivity index (χ1) is 7.81. The second-order valence-corrected chi connectivity index (χ2v) is 3.94. The molecule has 2 heterocycles. The fourth-order valence-corrected chi connectivity index (χ4v) is 2.03. The van der Waals surface area contributed by atoms with Crippen LogP contribution in [0.1, 0.15) is 12.8 Å². The molecule has 1 amide bonds. The van der Waals surface area contributed by atoms with Crippen LogP contribution in [0, 0.1) is 5.92 Å². The maximum Gasteiger partial charge on any atom is 0.222 e. The topological polar surface area (TPSA) is 58.1 Å². The lowest BCUT2D eigenvalue weighted by molar-refractivity contribution is -0.125. The molecule has 1 fully saturated rings. The molecule has 1 aliphatic heterocycles. The van der Waals surface area contributed by atoms with Crippen LogP contribution in [0.2, 0.25) is 0 Å². The second-order valence-electron chi connectivity index (χ2n) is 3.94. The lowest BCUT2D eigenvalue weighted by atomic mass is 9.96. The number of carbonyl (C=O) groups is 1. The molecule has 1 aromatic heterocycles. The van der Waals surface area contributed by atoms with Crippen LogP contribution in [-0.2, 0) is 4.79 Å². The molecule has 2 rings (SSSR count). The molecule has 0 aliphatic carbocycles. The molecule has 0 bridgehead atoms. The third-order valence-corrected chi connectivity index (χ3v) is 2.99. The van der Waals surface area contributed by atoms with E-state index in [2.05, 4.69) is 20.2 Å².